The molecular formula is C9H21NO3S. The molecule has 0 spiro atoms. The molecule has 14 heavy (non-hydrogen) atoms. The zero-order chi connectivity index (χ0) is 11.4. The number of rotatable bonds is 6. The van der Waals surface area contributed by atoms with Gasteiger partial charge in [0, 0.05) is 6.04 Å². The van der Waals surface area contributed by atoms with Crippen molar-refractivity contribution in [1.82, 2.24) is 0 Å². The highest BCUT2D eigenvalue weighted by atomic mass is 32.2. The molecule has 0 aromatic carbocycles. The summed E-state index contributed by atoms with van der Waals surface area (Å²) in [5.41, 5.74) is 5.74. The van der Waals surface area contributed by atoms with Gasteiger partial charge in [-0.15, -0.1) is 0 Å². The summed E-state index contributed by atoms with van der Waals surface area (Å²) in [6, 6.07) is -0.510. The minimum Gasteiger partial charge on any atom is -0.326 e. The van der Waals surface area contributed by atoms with Crippen LogP contribution in [0.5, 0.6) is 0 Å². The van der Waals surface area contributed by atoms with E-state index in [1.165, 1.54) is 13.8 Å². The van der Waals surface area contributed by atoms with Crippen molar-refractivity contribution in [3.8, 4) is 0 Å². The molecule has 86 valence electrons. The Balaban J connectivity index is 4.30. The third-order valence-corrected chi connectivity index (χ3v) is 4.31. The largest absolute Gasteiger partial charge is 0.326 e. The Morgan fingerprint density at radius 2 is 1.86 bits per heavy atom. The summed E-state index contributed by atoms with van der Waals surface area (Å²) < 4.78 is 29.7. The smallest absolute Gasteiger partial charge is 0.271 e. The van der Waals surface area contributed by atoms with Gasteiger partial charge in [0.05, 0.1) is 0 Å². The Bertz CT molecular complexity index is 259. The van der Waals surface area contributed by atoms with E-state index < -0.39 is 20.9 Å². The summed E-state index contributed by atoms with van der Waals surface area (Å²) in [4.78, 5) is 0. The van der Waals surface area contributed by atoms with E-state index >= 15 is 0 Å². The highest BCUT2D eigenvalue weighted by Crippen LogP contribution is 2.22. The first-order chi connectivity index (χ1) is 6.23. The average molecular weight is 223 g/mol. The van der Waals surface area contributed by atoms with Gasteiger partial charge in [-0.2, -0.15) is 8.42 Å². The van der Waals surface area contributed by atoms with Crippen LogP contribution in [0.4, 0.5) is 0 Å². The Kier molecular flexibility index (Phi) is 5.05. The lowest BCUT2D eigenvalue weighted by Crippen LogP contribution is -2.48. The van der Waals surface area contributed by atoms with Crippen LogP contribution in [0.15, 0.2) is 0 Å². The van der Waals surface area contributed by atoms with Gasteiger partial charge in [-0.3, -0.25) is 4.55 Å². The van der Waals surface area contributed by atoms with Crippen LogP contribution in [0.1, 0.15) is 46.5 Å². The van der Waals surface area contributed by atoms with E-state index in [4.69, 9.17) is 10.3 Å². The minimum atomic E-state index is -4.06. The summed E-state index contributed by atoms with van der Waals surface area (Å²) in [5, 5.41) is 0. The molecule has 1 atom stereocenters. The van der Waals surface area contributed by atoms with E-state index in [0.29, 0.717) is 6.42 Å². The second-order valence-corrected chi connectivity index (χ2v) is 6.18. The number of hydrogen-bond acceptors (Lipinski definition) is 3. The van der Waals surface area contributed by atoms with Gasteiger partial charge < -0.3 is 5.73 Å². The molecule has 3 N–H and O–H groups in total. The SMILES string of the molecule is CCCCCC(N)C(C)(C)S(=O)(=O)O. The molecular weight excluding hydrogens is 202 g/mol. The second kappa shape index (κ2) is 5.09. The van der Waals surface area contributed by atoms with Crippen LogP contribution < -0.4 is 5.73 Å². The van der Waals surface area contributed by atoms with Crippen LogP contribution in [0.2, 0.25) is 0 Å². The molecule has 0 radical (unpaired) electrons. The molecule has 0 aromatic rings. The summed E-state index contributed by atoms with van der Waals surface area (Å²) in [7, 11) is -4.06. The Hall–Kier alpha value is -0.130. The van der Waals surface area contributed by atoms with Crippen molar-refractivity contribution in [2.75, 3.05) is 0 Å². The summed E-state index contributed by atoms with van der Waals surface area (Å²) in [5.74, 6) is 0. The standard InChI is InChI=1S/C9H21NO3S/c1-4-5-6-7-8(10)9(2,3)14(11,12)13/h8H,4-7,10H2,1-3H3,(H,11,12,13). The van der Waals surface area contributed by atoms with Gasteiger partial charge >= 0.3 is 0 Å². The number of unbranched alkanes of at least 4 members (excludes halogenated alkanes) is 2. The summed E-state index contributed by atoms with van der Waals surface area (Å²) in [6.07, 6.45) is 3.63. The van der Waals surface area contributed by atoms with Gasteiger partial charge in [-0.05, 0) is 20.3 Å². The molecule has 4 nitrogen and oxygen atoms in total. The molecule has 0 aliphatic heterocycles. The normalized spacial score (nSPS) is 15.5. The van der Waals surface area contributed by atoms with Crippen molar-refractivity contribution in [2.24, 2.45) is 5.73 Å². The lowest BCUT2D eigenvalue weighted by Gasteiger charge is -2.28. The third-order valence-electron chi connectivity index (χ3n) is 2.68. The fraction of sp³-hybridized carbons (Fsp3) is 1.00. The van der Waals surface area contributed by atoms with Crippen LogP contribution in [0.25, 0.3) is 0 Å². The zero-order valence-corrected chi connectivity index (χ0v) is 9.97. The molecule has 0 aromatic heterocycles. The van der Waals surface area contributed by atoms with Crippen LogP contribution in [0.3, 0.4) is 0 Å². The number of nitrogens with two attached hydrogens (primary N) is 1. The van der Waals surface area contributed by atoms with Crippen LogP contribution in [-0.4, -0.2) is 23.8 Å². The maximum Gasteiger partial charge on any atom is 0.271 e. The fourth-order valence-electron chi connectivity index (χ4n) is 1.15. The predicted octanol–water partition coefficient (Wildman–Crippen LogP) is 1.56. The predicted molar refractivity (Wildman–Crippen MR) is 57.7 cm³/mol. The van der Waals surface area contributed by atoms with Gasteiger partial charge in [0.15, 0.2) is 0 Å². The molecule has 0 saturated heterocycles. The van der Waals surface area contributed by atoms with Crippen LogP contribution >= 0.6 is 0 Å². The van der Waals surface area contributed by atoms with Crippen molar-refractivity contribution in [3.63, 3.8) is 0 Å². The first-order valence-electron chi connectivity index (χ1n) is 4.96. The van der Waals surface area contributed by atoms with Crippen molar-refractivity contribution in [2.45, 2.75) is 57.2 Å². The van der Waals surface area contributed by atoms with Crippen LogP contribution in [0, 0.1) is 0 Å². The van der Waals surface area contributed by atoms with E-state index in [9.17, 15) is 8.42 Å². The highest BCUT2D eigenvalue weighted by Gasteiger charge is 2.38. The summed E-state index contributed by atoms with van der Waals surface area (Å²) >= 11 is 0. The zero-order valence-electron chi connectivity index (χ0n) is 9.16. The molecule has 0 bridgehead atoms. The Morgan fingerprint density at radius 3 is 2.21 bits per heavy atom. The van der Waals surface area contributed by atoms with E-state index in [1.807, 2.05) is 0 Å². The molecule has 0 rings (SSSR count). The quantitative estimate of drug-likeness (QED) is 0.529. The monoisotopic (exact) mass is 223 g/mol. The van der Waals surface area contributed by atoms with E-state index in [-0.39, 0.29) is 0 Å². The van der Waals surface area contributed by atoms with Crippen LogP contribution in [-0.2, 0) is 10.1 Å². The van der Waals surface area contributed by atoms with Gasteiger partial charge in [-0.25, -0.2) is 0 Å². The van der Waals surface area contributed by atoms with E-state index in [0.717, 1.165) is 19.3 Å². The topological polar surface area (TPSA) is 80.4 Å². The first-order valence-corrected chi connectivity index (χ1v) is 6.40. The molecule has 1 unspecified atom stereocenters. The van der Waals surface area contributed by atoms with E-state index in [1.54, 1.807) is 0 Å². The van der Waals surface area contributed by atoms with Gasteiger partial charge in [0.2, 0.25) is 0 Å². The van der Waals surface area contributed by atoms with Crippen molar-refractivity contribution < 1.29 is 13.0 Å². The van der Waals surface area contributed by atoms with E-state index in [2.05, 4.69) is 6.92 Å². The fourth-order valence-corrected chi connectivity index (χ4v) is 1.65. The highest BCUT2D eigenvalue weighted by molar-refractivity contribution is 7.87. The molecule has 0 aliphatic carbocycles. The average Bonchev–Trinajstić information content (AvgIpc) is 2.02. The lowest BCUT2D eigenvalue weighted by atomic mass is 9.98. The van der Waals surface area contributed by atoms with Crippen molar-refractivity contribution in [3.05, 3.63) is 0 Å². The van der Waals surface area contributed by atoms with Crippen molar-refractivity contribution in [1.29, 1.82) is 0 Å². The first kappa shape index (κ1) is 13.9. The lowest BCUT2D eigenvalue weighted by molar-refractivity contribution is 0.393. The Labute approximate surface area is 86.6 Å². The van der Waals surface area contributed by atoms with Gasteiger partial charge in [0.25, 0.3) is 10.1 Å². The molecule has 0 amide bonds. The molecule has 5 heteroatoms. The molecule has 0 heterocycles. The maximum atomic E-state index is 11.0. The second-order valence-electron chi connectivity index (χ2n) is 4.18. The van der Waals surface area contributed by atoms with Gasteiger partial charge in [-0.1, -0.05) is 26.2 Å². The third kappa shape index (κ3) is 3.55. The minimum absolute atomic E-state index is 0.510. The molecule has 0 fully saturated rings. The van der Waals surface area contributed by atoms with Gasteiger partial charge in [0.1, 0.15) is 4.75 Å². The Morgan fingerprint density at radius 1 is 1.36 bits per heavy atom. The molecule has 0 aliphatic rings. The maximum absolute atomic E-state index is 11.0. The van der Waals surface area contributed by atoms with Crippen molar-refractivity contribution >= 4 is 10.1 Å². The number of hydrogen-bond donors (Lipinski definition) is 2. The molecule has 0 saturated carbocycles. The summed E-state index contributed by atoms with van der Waals surface area (Å²) in [6.45, 7) is 4.98.